The van der Waals surface area contributed by atoms with Crippen LogP contribution in [0.5, 0.6) is 11.5 Å². The quantitative estimate of drug-likeness (QED) is 0.501. The third-order valence-corrected chi connectivity index (χ3v) is 2.99. The molecule has 1 atom stereocenters. The van der Waals surface area contributed by atoms with E-state index in [2.05, 4.69) is 4.72 Å². The van der Waals surface area contributed by atoms with Gasteiger partial charge in [-0.2, -0.15) is 0 Å². The Morgan fingerprint density at radius 3 is 2.52 bits per heavy atom. The molecule has 0 radical (unpaired) electrons. The van der Waals surface area contributed by atoms with E-state index in [4.69, 9.17) is 4.74 Å². The molecule has 1 unspecified atom stereocenters. The molecule has 2 aromatic rings. The molecule has 21 heavy (non-hydrogen) atoms. The highest BCUT2D eigenvalue weighted by atomic mass is 32.2. The van der Waals surface area contributed by atoms with Crippen molar-refractivity contribution in [2.75, 3.05) is 0 Å². The van der Waals surface area contributed by atoms with Gasteiger partial charge in [-0.25, -0.2) is 4.72 Å². The van der Waals surface area contributed by atoms with Gasteiger partial charge in [-0.3, -0.25) is 14.3 Å². The van der Waals surface area contributed by atoms with E-state index in [1.165, 1.54) is 18.2 Å². The SMILES string of the molecule is O=[N+]([O-])c1ccc(CNS(=O)[O-])c(Oc2ccccc2)c1. The van der Waals surface area contributed by atoms with Crippen molar-refractivity contribution in [3.8, 4) is 11.5 Å². The molecule has 0 aliphatic rings. The van der Waals surface area contributed by atoms with Gasteiger partial charge >= 0.3 is 0 Å². The Bertz CT molecular complexity index is 663. The lowest BCUT2D eigenvalue weighted by Crippen LogP contribution is -2.16. The lowest BCUT2D eigenvalue weighted by atomic mass is 10.2. The van der Waals surface area contributed by atoms with Crippen molar-refractivity contribution in [1.82, 2.24) is 4.72 Å². The highest BCUT2D eigenvalue weighted by Gasteiger charge is 2.12. The fourth-order valence-corrected chi connectivity index (χ4v) is 1.92. The summed E-state index contributed by atoms with van der Waals surface area (Å²) in [5, 5.41) is 10.8. The number of nitrogens with zero attached hydrogens (tertiary/aromatic N) is 1. The summed E-state index contributed by atoms with van der Waals surface area (Å²) in [7, 11) is 0. The van der Waals surface area contributed by atoms with Crippen LogP contribution in [-0.2, 0) is 17.8 Å². The van der Waals surface area contributed by atoms with Crippen LogP contribution >= 0.6 is 0 Å². The number of non-ortho nitro benzene ring substituents is 1. The minimum Gasteiger partial charge on any atom is -0.760 e. The van der Waals surface area contributed by atoms with Crippen molar-refractivity contribution >= 4 is 17.0 Å². The molecule has 0 aromatic heterocycles. The molecule has 0 amide bonds. The Labute approximate surface area is 123 Å². The van der Waals surface area contributed by atoms with Crippen molar-refractivity contribution in [1.29, 1.82) is 0 Å². The number of hydrogen-bond acceptors (Lipinski definition) is 5. The molecule has 110 valence electrons. The lowest BCUT2D eigenvalue weighted by molar-refractivity contribution is -0.384. The Kier molecular flexibility index (Phi) is 4.99. The van der Waals surface area contributed by atoms with Gasteiger partial charge in [0.15, 0.2) is 0 Å². The zero-order valence-corrected chi connectivity index (χ0v) is 11.5. The maximum atomic E-state index is 10.8. The molecule has 8 heteroatoms. The van der Waals surface area contributed by atoms with Crippen LogP contribution in [0.25, 0.3) is 0 Å². The summed E-state index contributed by atoms with van der Waals surface area (Å²) in [6.07, 6.45) is 0. The molecule has 0 bridgehead atoms. The van der Waals surface area contributed by atoms with E-state index in [9.17, 15) is 18.9 Å². The summed E-state index contributed by atoms with van der Waals surface area (Å²) in [4.78, 5) is 10.3. The molecule has 0 aliphatic heterocycles. The maximum Gasteiger partial charge on any atom is 0.273 e. The number of benzene rings is 2. The second-order valence-electron chi connectivity index (χ2n) is 4.02. The molecular formula is C13H11N2O5S-. The standard InChI is InChI=1S/C13H12N2O5S/c16-15(17)11-7-6-10(9-14-21(18)19)13(8-11)20-12-4-2-1-3-5-12/h1-8,14H,9H2,(H,18,19)/p-1. The number of nitro groups is 1. The van der Waals surface area contributed by atoms with Gasteiger partial charge < -0.3 is 9.29 Å². The average Bonchev–Trinajstić information content (AvgIpc) is 2.46. The number of ether oxygens (including phenoxy) is 1. The Hall–Kier alpha value is -2.29. The van der Waals surface area contributed by atoms with E-state index >= 15 is 0 Å². The van der Waals surface area contributed by atoms with Crippen molar-refractivity contribution < 1.29 is 18.4 Å². The monoisotopic (exact) mass is 307 g/mol. The van der Waals surface area contributed by atoms with Gasteiger partial charge in [0.25, 0.3) is 5.69 Å². The fourth-order valence-electron chi connectivity index (χ4n) is 1.65. The first kappa shape index (κ1) is 15.1. The van der Waals surface area contributed by atoms with E-state index < -0.39 is 16.2 Å². The van der Waals surface area contributed by atoms with Crippen molar-refractivity contribution in [2.45, 2.75) is 6.54 Å². The van der Waals surface area contributed by atoms with Crippen molar-refractivity contribution in [2.24, 2.45) is 0 Å². The van der Waals surface area contributed by atoms with E-state index in [1.807, 2.05) is 6.07 Å². The minimum atomic E-state index is -2.42. The van der Waals surface area contributed by atoms with Crippen LogP contribution in [0.15, 0.2) is 48.5 Å². The first-order chi connectivity index (χ1) is 10.1. The predicted molar refractivity (Wildman–Crippen MR) is 75.4 cm³/mol. The fraction of sp³-hybridized carbons (Fsp3) is 0.0769. The van der Waals surface area contributed by atoms with Gasteiger partial charge in [0, 0.05) is 29.4 Å². The summed E-state index contributed by atoms with van der Waals surface area (Å²) < 4.78 is 28.9. The summed E-state index contributed by atoms with van der Waals surface area (Å²) >= 11 is -2.42. The molecule has 7 nitrogen and oxygen atoms in total. The van der Waals surface area contributed by atoms with Crippen LogP contribution in [0, 0.1) is 10.1 Å². The van der Waals surface area contributed by atoms with E-state index in [0.29, 0.717) is 11.3 Å². The first-order valence-electron chi connectivity index (χ1n) is 5.89. The lowest BCUT2D eigenvalue weighted by Gasteiger charge is -2.12. The molecule has 0 heterocycles. The average molecular weight is 307 g/mol. The third-order valence-electron chi connectivity index (χ3n) is 2.61. The van der Waals surface area contributed by atoms with Gasteiger partial charge in [-0.15, -0.1) is 0 Å². The molecule has 0 saturated heterocycles. The minimum absolute atomic E-state index is 0.0176. The second kappa shape index (κ2) is 6.93. The zero-order valence-electron chi connectivity index (χ0n) is 10.7. The zero-order chi connectivity index (χ0) is 15.2. The topological polar surface area (TPSA) is 105 Å². The molecular weight excluding hydrogens is 296 g/mol. The van der Waals surface area contributed by atoms with Crippen LogP contribution in [0.4, 0.5) is 5.69 Å². The van der Waals surface area contributed by atoms with E-state index in [-0.39, 0.29) is 18.0 Å². The van der Waals surface area contributed by atoms with Crippen LogP contribution in [0.1, 0.15) is 5.56 Å². The predicted octanol–water partition coefficient (Wildman–Crippen LogP) is 2.27. The van der Waals surface area contributed by atoms with E-state index in [0.717, 1.165) is 0 Å². The molecule has 0 fully saturated rings. The van der Waals surface area contributed by atoms with Crippen LogP contribution in [0.2, 0.25) is 0 Å². The normalized spacial score (nSPS) is 11.9. The van der Waals surface area contributed by atoms with Gasteiger partial charge in [-0.05, 0) is 18.2 Å². The molecule has 2 rings (SSSR count). The van der Waals surface area contributed by atoms with E-state index in [1.54, 1.807) is 24.3 Å². The van der Waals surface area contributed by atoms with Gasteiger partial charge in [0.1, 0.15) is 11.5 Å². The molecule has 0 aliphatic carbocycles. The number of hydrogen-bond donors (Lipinski definition) is 1. The highest BCUT2D eigenvalue weighted by molar-refractivity contribution is 7.77. The Morgan fingerprint density at radius 2 is 1.90 bits per heavy atom. The Balaban J connectivity index is 2.31. The van der Waals surface area contributed by atoms with Gasteiger partial charge in [-0.1, -0.05) is 18.2 Å². The Morgan fingerprint density at radius 1 is 1.19 bits per heavy atom. The number of para-hydroxylation sites is 1. The molecule has 0 saturated carbocycles. The molecule has 2 aromatic carbocycles. The van der Waals surface area contributed by atoms with Crippen molar-refractivity contribution in [3.63, 3.8) is 0 Å². The van der Waals surface area contributed by atoms with Gasteiger partial charge in [0.05, 0.1) is 11.0 Å². The maximum absolute atomic E-state index is 10.8. The smallest absolute Gasteiger partial charge is 0.273 e. The second-order valence-corrected chi connectivity index (χ2v) is 4.78. The first-order valence-corrected chi connectivity index (χ1v) is 6.97. The highest BCUT2D eigenvalue weighted by Crippen LogP contribution is 2.29. The van der Waals surface area contributed by atoms with Crippen molar-refractivity contribution in [3.05, 3.63) is 64.2 Å². The molecule has 1 N–H and O–H groups in total. The summed E-state index contributed by atoms with van der Waals surface area (Å²) in [6, 6.07) is 12.7. The summed E-state index contributed by atoms with van der Waals surface area (Å²) in [6.45, 7) is -0.0176. The number of nitro benzene ring substituents is 1. The van der Waals surface area contributed by atoms with Gasteiger partial charge in [0.2, 0.25) is 0 Å². The third kappa shape index (κ3) is 4.35. The summed E-state index contributed by atoms with van der Waals surface area (Å²) in [5.41, 5.74) is 0.363. The molecule has 0 spiro atoms. The van der Waals surface area contributed by atoms with Crippen LogP contribution in [0.3, 0.4) is 0 Å². The van der Waals surface area contributed by atoms with Crippen LogP contribution in [-0.4, -0.2) is 13.7 Å². The van der Waals surface area contributed by atoms with Crippen LogP contribution < -0.4 is 9.46 Å². The number of nitrogens with one attached hydrogen (secondary N) is 1. The largest absolute Gasteiger partial charge is 0.760 e. The summed E-state index contributed by atoms with van der Waals surface area (Å²) in [5.74, 6) is 0.732. The number of rotatable bonds is 6.